The van der Waals surface area contributed by atoms with E-state index in [2.05, 4.69) is 5.32 Å². The molecule has 1 aromatic rings. The second-order valence-electron chi connectivity index (χ2n) is 7.23. The van der Waals surface area contributed by atoms with E-state index in [0.717, 1.165) is 36.8 Å². The van der Waals surface area contributed by atoms with Crippen molar-refractivity contribution in [2.75, 3.05) is 0 Å². The maximum atomic E-state index is 12.9. The minimum absolute atomic E-state index is 0.0608. The SMILES string of the molecule is CC(C)NC(=O)CC1(N2Cc3ccccc3C2=O)CCCCC1. The molecule has 2 amide bonds. The molecule has 1 aliphatic heterocycles. The Bertz CT molecular complexity index is 603. The molecular formula is C19H26N2O2. The quantitative estimate of drug-likeness (QED) is 0.927. The predicted octanol–water partition coefficient (Wildman–Crippen LogP) is 3.26. The number of amides is 2. The molecule has 1 aliphatic carbocycles. The molecule has 0 unspecified atom stereocenters. The zero-order chi connectivity index (χ0) is 16.4. The molecule has 1 fully saturated rings. The number of hydrogen-bond acceptors (Lipinski definition) is 2. The first-order chi connectivity index (χ1) is 11.0. The van der Waals surface area contributed by atoms with Crippen LogP contribution in [-0.4, -0.2) is 28.3 Å². The Morgan fingerprint density at radius 1 is 1.22 bits per heavy atom. The van der Waals surface area contributed by atoms with Crippen molar-refractivity contribution in [2.45, 2.75) is 70.5 Å². The third kappa shape index (κ3) is 3.12. The lowest BCUT2D eigenvalue weighted by Gasteiger charge is -2.44. The first-order valence-electron chi connectivity index (χ1n) is 8.71. The molecule has 0 atom stereocenters. The van der Waals surface area contributed by atoms with Gasteiger partial charge in [0, 0.05) is 24.6 Å². The number of nitrogens with one attached hydrogen (secondary N) is 1. The number of benzene rings is 1. The van der Waals surface area contributed by atoms with Crippen LogP contribution in [0, 0.1) is 0 Å². The summed E-state index contributed by atoms with van der Waals surface area (Å²) in [5.41, 5.74) is 1.58. The molecule has 0 saturated heterocycles. The van der Waals surface area contributed by atoms with Gasteiger partial charge in [-0.25, -0.2) is 0 Å². The molecule has 1 N–H and O–H groups in total. The summed E-state index contributed by atoms with van der Waals surface area (Å²) in [5, 5.41) is 3.00. The number of hydrogen-bond donors (Lipinski definition) is 1. The molecule has 3 rings (SSSR count). The molecule has 0 radical (unpaired) electrons. The highest BCUT2D eigenvalue weighted by Crippen LogP contribution is 2.41. The molecule has 1 heterocycles. The van der Waals surface area contributed by atoms with E-state index in [1.165, 1.54) is 6.42 Å². The number of fused-ring (bicyclic) bond motifs is 1. The topological polar surface area (TPSA) is 49.4 Å². The zero-order valence-electron chi connectivity index (χ0n) is 14.1. The summed E-state index contributed by atoms with van der Waals surface area (Å²) in [5.74, 6) is 0.158. The van der Waals surface area contributed by atoms with Crippen LogP contribution in [0.25, 0.3) is 0 Å². The fraction of sp³-hybridized carbons (Fsp3) is 0.579. The van der Waals surface area contributed by atoms with Gasteiger partial charge in [-0.1, -0.05) is 37.5 Å². The van der Waals surface area contributed by atoms with E-state index < -0.39 is 0 Å². The second kappa shape index (κ2) is 6.34. The van der Waals surface area contributed by atoms with E-state index in [1.54, 1.807) is 0 Å². The van der Waals surface area contributed by atoms with Crippen LogP contribution in [0.1, 0.15) is 68.3 Å². The van der Waals surface area contributed by atoms with Crippen LogP contribution in [0.4, 0.5) is 0 Å². The minimum Gasteiger partial charge on any atom is -0.354 e. The molecule has 0 spiro atoms. The van der Waals surface area contributed by atoms with Crippen LogP contribution in [0.15, 0.2) is 24.3 Å². The van der Waals surface area contributed by atoms with E-state index in [4.69, 9.17) is 0 Å². The molecule has 124 valence electrons. The summed E-state index contributed by atoms with van der Waals surface area (Å²) in [4.78, 5) is 27.3. The van der Waals surface area contributed by atoms with Gasteiger partial charge in [0.1, 0.15) is 0 Å². The van der Waals surface area contributed by atoms with E-state index in [1.807, 2.05) is 43.0 Å². The van der Waals surface area contributed by atoms with E-state index in [-0.39, 0.29) is 23.4 Å². The van der Waals surface area contributed by atoms with Crippen LogP contribution >= 0.6 is 0 Å². The van der Waals surface area contributed by atoms with Crippen LogP contribution < -0.4 is 5.32 Å². The van der Waals surface area contributed by atoms with Gasteiger partial charge in [0.15, 0.2) is 0 Å². The summed E-state index contributed by atoms with van der Waals surface area (Å²) in [7, 11) is 0. The number of nitrogens with zero attached hydrogens (tertiary/aromatic N) is 1. The fourth-order valence-electron chi connectivity index (χ4n) is 4.06. The maximum Gasteiger partial charge on any atom is 0.254 e. The van der Waals surface area contributed by atoms with E-state index in [9.17, 15) is 9.59 Å². The average Bonchev–Trinajstić information content (AvgIpc) is 2.85. The normalized spacial score (nSPS) is 19.8. The molecule has 2 aliphatic rings. The smallest absolute Gasteiger partial charge is 0.254 e. The van der Waals surface area contributed by atoms with E-state index >= 15 is 0 Å². The van der Waals surface area contributed by atoms with Gasteiger partial charge in [-0.2, -0.15) is 0 Å². The Morgan fingerprint density at radius 3 is 2.57 bits per heavy atom. The third-order valence-electron chi connectivity index (χ3n) is 5.12. The minimum atomic E-state index is -0.312. The Labute approximate surface area is 138 Å². The average molecular weight is 314 g/mol. The van der Waals surface area contributed by atoms with Crippen LogP contribution in [0.2, 0.25) is 0 Å². The highest BCUT2D eigenvalue weighted by atomic mass is 16.2. The van der Waals surface area contributed by atoms with Crippen molar-refractivity contribution in [1.29, 1.82) is 0 Å². The zero-order valence-corrected chi connectivity index (χ0v) is 14.1. The van der Waals surface area contributed by atoms with Crippen molar-refractivity contribution in [1.82, 2.24) is 10.2 Å². The van der Waals surface area contributed by atoms with Gasteiger partial charge in [-0.3, -0.25) is 9.59 Å². The van der Waals surface area contributed by atoms with Gasteiger partial charge >= 0.3 is 0 Å². The molecule has 4 heteroatoms. The fourth-order valence-corrected chi connectivity index (χ4v) is 4.06. The maximum absolute atomic E-state index is 12.9. The summed E-state index contributed by atoms with van der Waals surface area (Å²) < 4.78 is 0. The van der Waals surface area contributed by atoms with Crippen molar-refractivity contribution in [3.63, 3.8) is 0 Å². The Kier molecular flexibility index (Phi) is 4.42. The van der Waals surface area contributed by atoms with Gasteiger partial charge in [0.2, 0.25) is 5.91 Å². The summed E-state index contributed by atoms with van der Waals surface area (Å²) in [6.07, 6.45) is 5.66. The lowest BCUT2D eigenvalue weighted by Crippen LogP contribution is -2.53. The highest BCUT2D eigenvalue weighted by molar-refractivity contribution is 5.99. The van der Waals surface area contributed by atoms with Crippen molar-refractivity contribution >= 4 is 11.8 Å². The van der Waals surface area contributed by atoms with E-state index in [0.29, 0.717) is 13.0 Å². The molecule has 1 aromatic carbocycles. The standard InChI is InChI=1S/C19H26N2O2/c1-14(2)20-17(22)12-19(10-6-3-7-11-19)21-13-15-8-4-5-9-16(15)18(21)23/h4-5,8-9,14H,3,6-7,10-13H2,1-2H3,(H,20,22). The van der Waals surface area contributed by atoms with Gasteiger partial charge in [0.05, 0.1) is 5.54 Å². The van der Waals surface area contributed by atoms with Crippen molar-refractivity contribution in [3.8, 4) is 0 Å². The lowest BCUT2D eigenvalue weighted by molar-refractivity contribution is -0.124. The second-order valence-corrected chi connectivity index (χ2v) is 7.23. The number of carbonyl (C=O) groups excluding carboxylic acids is 2. The molecule has 4 nitrogen and oxygen atoms in total. The summed E-state index contributed by atoms with van der Waals surface area (Å²) in [6, 6.07) is 7.96. The van der Waals surface area contributed by atoms with Gasteiger partial charge in [-0.15, -0.1) is 0 Å². The molecule has 23 heavy (non-hydrogen) atoms. The number of carbonyl (C=O) groups is 2. The monoisotopic (exact) mass is 314 g/mol. The predicted molar refractivity (Wildman–Crippen MR) is 90.0 cm³/mol. The Balaban J connectivity index is 1.85. The first-order valence-corrected chi connectivity index (χ1v) is 8.71. The van der Waals surface area contributed by atoms with Crippen LogP contribution in [-0.2, 0) is 11.3 Å². The summed E-state index contributed by atoms with van der Waals surface area (Å²) in [6.45, 7) is 4.59. The Hall–Kier alpha value is -1.84. The number of rotatable bonds is 4. The molecule has 0 bridgehead atoms. The molecule has 0 aromatic heterocycles. The highest BCUT2D eigenvalue weighted by Gasteiger charge is 2.45. The van der Waals surface area contributed by atoms with Gasteiger partial charge in [-0.05, 0) is 38.3 Å². The van der Waals surface area contributed by atoms with Crippen molar-refractivity contribution < 1.29 is 9.59 Å². The third-order valence-corrected chi connectivity index (χ3v) is 5.12. The van der Waals surface area contributed by atoms with Gasteiger partial charge in [0.25, 0.3) is 5.91 Å². The van der Waals surface area contributed by atoms with Gasteiger partial charge < -0.3 is 10.2 Å². The molecule has 1 saturated carbocycles. The summed E-state index contributed by atoms with van der Waals surface area (Å²) >= 11 is 0. The lowest BCUT2D eigenvalue weighted by atomic mass is 9.77. The van der Waals surface area contributed by atoms with Crippen LogP contribution in [0.5, 0.6) is 0 Å². The Morgan fingerprint density at radius 2 is 1.91 bits per heavy atom. The largest absolute Gasteiger partial charge is 0.354 e. The van der Waals surface area contributed by atoms with Crippen LogP contribution in [0.3, 0.4) is 0 Å². The van der Waals surface area contributed by atoms with Crippen molar-refractivity contribution in [2.24, 2.45) is 0 Å². The molecular weight excluding hydrogens is 288 g/mol. The first kappa shape index (κ1) is 16.0. The van der Waals surface area contributed by atoms with Crippen molar-refractivity contribution in [3.05, 3.63) is 35.4 Å².